The second-order valence-corrected chi connectivity index (χ2v) is 11.0. The molecular formula is C36H27N2O+. The molecule has 0 aliphatic heterocycles. The molecule has 3 nitrogen and oxygen atoms in total. The number of hydrogen-bond donors (Lipinski definition) is 0. The van der Waals surface area contributed by atoms with Crippen LogP contribution >= 0.6 is 0 Å². The second kappa shape index (κ2) is 8.16. The van der Waals surface area contributed by atoms with Crippen LogP contribution in [-0.2, 0) is 7.05 Å². The molecule has 2 heterocycles. The summed E-state index contributed by atoms with van der Waals surface area (Å²) in [6, 6.07) is 17.3. The molecule has 2 aromatic heterocycles. The molecule has 8 rings (SSSR count). The van der Waals surface area contributed by atoms with Crippen molar-refractivity contribution < 1.29 is 10.4 Å². The van der Waals surface area contributed by atoms with E-state index in [-0.39, 0.29) is 11.8 Å². The van der Waals surface area contributed by atoms with Gasteiger partial charge in [0.15, 0.2) is 6.20 Å². The van der Waals surface area contributed by atoms with Crippen molar-refractivity contribution in [3.05, 3.63) is 130 Å². The molecule has 0 N–H and O–H groups in total. The average molecular weight is 505 g/mol. The van der Waals surface area contributed by atoms with E-state index in [0.29, 0.717) is 17.2 Å². The lowest BCUT2D eigenvalue weighted by Crippen LogP contribution is -2.31. The summed E-state index contributed by atoms with van der Waals surface area (Å²) in [4.78, 5) is 0. The molecule has 0 bridgehead atoms. The van der Waals surface area contributed by atoms with Gasteiger partial charge in [0.2, 0.25) is 5.69 Å². The van der Waals surface area contributed by atoms with Gasteiger partial charge in [-0.1, -0.05) is 65.8 Å². The van der Waals surface area contributed by atoms with Crippen LogP contribution in [0.1, 0.15) is 30.9 Å². The summed E-state index contributed by atoms with van der Waals surface area (Å²) in [6.45, 7) is 2.11. The van der Waals surface area contributed by atoms with Gasteiger partial charge in [-0.3, -0.25) is 0 Å². The van der Waals surface area contributed by atoms with Crippen LogP contribution in [0.25, 0.3) is 38.8 Å². The molecule has 4 aliphatic carbocycles. The Bertz CT molecular complexity index is 2050. The van der Waals surface area contributed by atoms with Crippen molar-refractivity contribution >= 4 is 27.5 Å². The summed E-state index contributed by atoms with van der Waals surface area (Å²) >= 11 is 0. The predicted octanol–water partition coefficient (Wildman–Crippen LogP) is 7.97. The van der Waals surface area contributed by atoms with E-state index in [1.807, 2.05) is 37.5 Å². The molecule has 2 atom stereocenters. The van der Waals surface area contributed by atoms with Crippen molar-refractivity contribution in [3.63, 3.8) is 0 Å². The summed E-state index contributed by atoms with van der Waals surface area (Å²) < 4.78 is 18.5. The Labute approximate surface area is 229 Å². The van der Waals surface area contributed by atoms with E-state index in [0.717, 1.165) is 68.3 Å². The second-order valence-electron chi connectivity index (χ2n) is 11.0. The van der Waals surface area contributed by atoms with E-state index in [1.165, 1.54) is 11.1 Å². The van der Waals surface area contributed by atoms with E-state index in [4.69, 9.17) is 4.42 Å². The van der Waals surface area contributed by atoms with Crippen molar-refractivity contribution in [1.29, 1.82) is 5.26 Å². The van der Waals surface area contributed by atoms with Crippen LogP contribution in [0.4, 0.5) is 0 Å². The highest BCUT2D eigenvalue weighted by Gasteiger charge is 2.41. The van der Waals surface area contributed by atoms with Crippen LogP contribution in [0.3, 0.4) is 0 Å². The minimum Gasteiger partial charge on any atom is -0.454 e. The maximum Gasteiger partial charge on any atom is 0.216 e. The SMILES string of the molecule is [2H]C1=C2C=CC=C3CCC4=CC=CC(=C1c1c(C#N)ccc5c1oc1c(-c6cccc[n+]6C)c(C)ccc15)C4C32. The van der Waals surface area contributed by atoms with Gasteiger partial charge in [0.1, 0.15) is 18.2 Å². The lowest BCUT2D eigenvalue weighted by molar-refractivity contribution is -0.660. The summed E-state index contributed by atoms with van der Waals surface area (Å²) in [7, 11) is 2.05. The van der Waals surface area contributed by atoms with Crippen molar-refractivity contribution in [2.45, 2.75) is 19.8 Å². The molecule has 0 spiro atoms. The van der Waals surface area contributed by atoms with Crippen LogP contribution in [0.15, 0.2) is 118 Å². The number of nitriles is 1. The Kier molecular flexibility index (Phi) is 4.45. The lowest BCUT2D eigenvalue weighted by Gasteiger charge is -2.43. The fraction of sp³-hybridized carbons (Fsp3) is 0.167. The van der Waals surface area contributed by atoms with Crippen LogP contribution < -0.4 is 4.57 Å². The van der Waals surface area contributed by atoms with Gasteiger partial charge in [-0.2, -0.15) is 5.26 Å². The maximum absolute atomic E-state index is 10.4. The first-order chi connectivity index (χ1) is 19.6. The first-order valence-corrected chi connectivity index (χ1v) is 13.6. The highest BCUT2D eigenvalue weighted by atomic mass is 16.3. The molecule has 1 saturated carbocycles. The third-order valence-corrected chi connectivity index (χ3v) is 8.93. The fourth-order valence-corrected chi connectivity index (χ4v) is 7.14. The van der Waals surface area contributed by atoms with Gasteiger partial charge >= 0.3 is 0 Å². The van der Waals surface area contributed by atoms with E-state index >= 15 is 0 Å². The number of fused-ring (bicyclic) bond motifs is 3. The van der Waals surface area contributed by atoms with Gasteiger partial charge < -0.3 is 4.42 Å². The van der Waals surface area contributed by atoms with Crippen LogP contribution in [-0.4, -0.2) is 0 Å². The monoisotopic (exact) mass is 504 g/mol. The lowest BCUT2D eigenvalue weighted by atomic mass is 9.60. The molecule has 2 aromatic carbocycles. The van der Waals surface area contributed by atoms with Gasteiger partial charge in [0, 0.05) is 40.3 Å². The quantitative estimate of drug-likeness (QED) is 0.260. The van der Waals surface area contributed by atoms with Crippen molar-refractivity contribution in [3.8, 4) is 17.3 Å². The molecule has 1 fully saturated rings. The maximum atomic E-state index is 10.4. The van der Waals surface area contributed by atoms with Crippen molar-refractivity contribution in [2.24, 2.45) is 18.9 Å². The van der Waals surface area contributed by atoms with E-state index in [1.54, 1.807) is 0 Å². The minimum absolute atomic E-state index is 0.196. The van der Waals surface area contributed by atoms with Crippen molar-refractivity contribution in [2.75, 3.05) is 0 Å². The third-order valence-electron chi connectivity index (χ3n) is 8.93. The number of benzene rings is 2. The smallest absolute Gasteiger partial charge is 0.216 e. The number of hydrogen-bond acceptors (Lipinski definition) is 2. The Morgan fingerprint density at radius 2 is 1.67 bits per heavy atom. The largest absolute Gasteiger partial charge is 0.454 e. The zero-order valence-corrected chi connectivity index (χ0v) is 22.0. The standard InChI is InChI=1S/C36H27N2O/c1-21-12-16-27-28-17-15-25(20-37)34(36(28)39-35(27)31(21)30-11-3-4-18-38(30)2)29-19-24-9-5-7-22-13-14-23-8-6-10-26(29)33(23)32(22)24/h3-12,15-19,32-33H,13-14H2,1-2H3/q+1/i19D. The summed E-state index contributed by atoms with van der Waals surface area (Å²) in [5, 5.41) is 12.4. The van der Waals surface area contributed by atoms with Gasteiger partial charge in [-0.05, 0) is 60.2 Å². The zero-order valence-electron chi connectivity index (χ0n) is 23.0. The molecule has 0 radical (unpaired) electrons. The predicted molar refractivity (Wildman–Crippen MR) is 155 cm³/mol. The number of aromatic nitrogens is 1. The number of pyridine rings is 1. The molecule has 39 heavy (non-hydrogen) atoms. The number of furan rings is 1. The van der Waals surface area contributed by atoms with Crippen molar-refractivity contribution in [1.82, 2.24) is 0 Å². The number of rotatable bonds is 2. The highest BCUT2D eigenvalue weighted by molar-refractivity contribution is 6.13. The van der Waals surface area contributed by atoms with E-state index < -0.39 is 0 Å². The summed E-state index contributed by atoms with van der Waals surface area (Å²) in [6.07, 6.45) is 17.1. The van der Waals surface area contributed by atoms with Gasteiger partial charge in [0.05, 0.1) is 18.6 Å². The molecule has 0 saturated heterocycles. The summed E-state index contributed by atoms with van der Waals surface area (Å²) in [5.74, 6) is 0.398. The molecular weight excluding hydrogens is 476 g/mol. The number of allylic oxidation sites excluding steroid dienone is 12. The summed E-state index contributed by atoms with van der Waals surface area (Å²) in [5.41, 5.74) is 11.9. The average Bonchev–Trinajstić information content (AvgIpc) is 3.36. The molecule has 3 heteroatoms. The van der Waals surface area contributed by atoms with E-state index in [2.05, 4.69) is 72.2 Å². The number of nitrogens with zero attached hydrogens (tertiary/aromatic N) is 2. The molecule has 186 valence electrons. The minimum atomic E-state index is 0.196. The van der Waals surface area contributed by atoms with Gasteiger partial charge in [-0.25, -0.2) is 4.57 Å². The Morgan fingerprint density at radius 3 is 2.46 bits per heavy atom. The molecule has 0 amide bonds. The molecule has 4 aliphatic rings. The van der Waals surface area contributed by atoms with Gasteiger partial charge in [-0.15, -0.1) is 0 Å². The van der Waals surface area contributed by atoms with Crippen LogP contribution in [0.5, 0.6) is 0 Å². The Morgan fingerprint density at radius 1 is 0.923 bits per heavy atom. The zero-order chi connectivity index (χ0) is 27.1. The molecule has 2 unspecified atom stereocenters. The first kappa shape index (κ1) is 21.3. The molecule has 4 aromatic rings. The third kappa shape index (κ3) is 3.06. The Balaban J connectivity index is 1.48. The highest BCUT2D eigenvalue weighted by Crippen LogP contribution is 2.54. The van der Waals surface area contributed by atoms with E-state index in [9.17, 15) is 6.63 Å². The Hall–Kier alpha value is -4.68. The first-order valence-electron chi connectivity index (χ1n) is 14.1. The topological polar surface area (TPSA) is 40.8 Å². The van der Waals surface area contributed by atoms with Gasteiger partial charge in [0.25, 0.3) is 0 Å². The normalized spacial score (nSPS) is 21.6. The fourth-order valence-electron chi connectivity index (χ4n) is 7.14. The van der Waals surface area contributed by atoms with Crippen LogP contribution in [0, 0.1) is 30.1 Å². The van der Waals surface area contributed by atoms with Crippen LogP contribution in [0.2, 0.25) is 0 Å². The number of aryl methyl sites for hydroxylation is 2.